The fourth-order valence-corrected chi connectivity index (χ4v) is 4.94. The van der Waals surface area contributed by atoms with Crippen molar-refractivity contribution in [1.82, 2.24) is 19.8 Å². The van der Waals surface area contributed by atoms with Gasteiger partial charge < -0.3 is 14.4 Å². The Kier molecular flexibility index (Phi) is 6.07. The number of ether oxygens (including phenoxy) is 2. The molecule has 0 bridgehead atoms. The summed E-state index contributed by atoms with van der Waals surface area (Å²) in [5.74, 6) is 0.754. The van der Waals surface area contributed by atoms with Crippen molar-refractivity contribution < 1.29 is 14.3 Å². The molecule has 0 unspecified atom stereocenters. The second kappa shape index (κ2) is 9.29. The van der Waals surface area contributed by atoms with Crippen molar-refractivity contribution in [2.75, 3.05) is 33.4 Å². The molecule has 7 heteroatoms. The third-order valence-corrected chi connectivity index (χ3v) is 6.56. The van der Waals surface area contributed by atoms with Gasteiger partial charge in [0.05, 0.1) is 19.4 Å². The molecule has 2 aromatic heterocycles. The largest absolute Gasteiger partial charge is 0.497 e. The molecule has 0 saturated carbocycles. The lowest BCUT2D eigenvalue weighted by atomic mass is 9.83. The zero-order valence-electron chi connectivity index (χ0n) is 18.8. The molecule has 5 rings (SSSR count). The third kappa shape index (κ3) is 4.34. The van der Waals surface area contributed by atoms with Crippen molar-refractivity contribution in [3.05, 3.63) is 90.0 Å². The van der Waals surface area contributed by atoms with Gasteiger partial charge in [0.25, 0.3) is 5.91 Å². The number of amides is 1. The molecule has 2 atom stereocenters. The number of hydrogen-bond donors (Lipinski definition) is 0. The minimum Gasteiger partial charge on any atom is -0.497 e. The van der Waals surface area contributed by atoms with Crippen LogP contribution in [-0.4, -0.2) is 64.6 Å². The fourth-order valence-electron chi connectivity index (χ4n) is 4.94. The second-order valence-electron chi connectivity index (χ2n) is 8.64. The zero-order valence-corrected chi connectivity index (χ0v) is 18.8. The van der Waals surface area contributed by atoms with Crippen LogP contribution in [0.3, 0.4) is 0 Å². The predicted molar refractivity (Wildman–Crippen MR) is 124 cm³/mol. The van der Waals surface area contributed by atoms with Crippen molar-refractivity contribution >= 4 is 5.91 Å². The summed E-state index contributed by atoms with van der Waals surface area (Å²) in [7, 11) is 1.65. The number of hydrogen-bond acceptors (Lipinski definition) is 6. The molecule has 0 radical (unpaired) electrons. The Labute approximate surface area is 194 Å². The molecule has 2 fully saturated rings. The van der Waals surface area contributed by atoms with Gasteiger partial charge in [-0.05, 0) is 41.5 Å². The molecule has 7 nitrogen and oxygen atoms in total. The average molecular weight is 445 g/mol. The number of morpholine rings is 1. The minimum atomic E-state index is -0.928. The number of carbonyl (C=O) groups excluding carboxylic acids is 1. The molecule has 2 aliphatic heterocycles. The van der Waals surface area contributed by atoms with Gasteiger partial charge in [0.15, 0.2) is 5.60 Å². The van der Waals surface area contributed by atoms with Crippen LogP contribution in [-0.2, 0) is 22.6 Å². The van der Waals surface area contributed by atoms with E-state index in [1.807, 2.05) is 65.7 Å². The lowest BCUT2D eigenvalue weighted by molar-refractivity contribution is -0.173. The van der Waals surface area contributed by atoms with Crippen LogP contribution in [0.2, 0.25) is 0 Å². The van der Waals surface area contributed by atoms with Crippen molar-refractivity contribution in [1.29, 1.82) is 0 Å². The van der Waals surface area contributed by atoms with E-state index in [1.54, 1.807) is 19.5 Å². The van der Waals surface area contributed by atoms with Gasteiger partial charge in [-0.1, -0.05) is 24.3 Å². The van der Waals surface area contributed by atoms with E-state index in [1.165, 1.54) is 0 Å². The Morgan fingerprint density at radius 2 is 1.97 bits per heavy atom. The first kappa shape index (κ1) is 21.6. The number of methoxy groups -OCH3 is 1. The third-order valence-electron chi connectivity index (χ3n) is 6.56. The first-order chi connectivity index (χ1) is 16.2. The Morgan fingerprint density at radius 1 is 1.09 bits per heavy atom. The number of rotatable bonds is 6. The molecule has 1 aromatic carbocycles. The van der Waals surface area contributed by atoms with Crippen molar-refractivity contribution in [3.8, 4) is 5.75 Å². The lowest BCUT2D eigenvalue weighted by Crippen LogP contribution is -2.59. The van der Waals surface area contributed by atoms with Crippen LogP contribution >= 0.6 is 0 Å². The molecular weight excluding hydrogens is 416 g/mol. The normalized spacial score (nSPS) is 23.2. The van der Waals surface area contributed by atoms with Gasteiger partial charge in [-0.25, -0.2) is 0 Å². The SMILES string of the molecule is COc1ccc(CN2CCO[C@]3(CN(Cc4ccccn4)C[C@H]3c3cccnc3)C2=O)cc1. The van der Waals surface area contributed by atoms with Gasteiger partial charge in [0.2, 0.25) is 0 Å². The summed E-state index contributed by atoms with van der Waals surface area (Å²) < 4.78 is 11.6. The Balaban J connectivity index is 1.42. The van der Waals surface area contributed by atoms with Gasteiger partial charge in [-0.2, -0.15) is 0 Å². The van der Waals surface area contributed by atoms with Crippen LogP contribution in [0.15, 0.2) is 73.2 Å². The smallest absolute Gasteiger partial charge is 0.257 e. The summed E-state index contributed by atoms with van der Waals surface area (Å²) in [6, 6.07) is 17.8. The molecule has 1 spiro atoms. The summed E-state index contributed by atoms with van der Waals surface area (Å²) in [6.07, 6.45) is 5.42. The van der Waals surface area contributed by atoms with Crippen LogP contribution in [0.5, 0.6) is 5.75 Å². The molecule has 2 aliphatic rings. The van der Waals surface area contributed by atoms with Gasteiger partial charge in [-0.3, -0.25) is 19.7 Å². The highest BCUT2D eigenvalue weighted by atomic mass is 16.5. The second-order valence-corrected chi connectivity index (χ2v) is 8.64. The molecule has 1 amide bonds. The van der Waals surface area contributed by atoms with Crippen molar-refractivity contribution in [3.63, 3.8) is 0 Å². The maximum absolute atomic E-state index is 14.0. The Bertz CT molecular complexity index is 1080. The number of carbonyl (C=O) groups is 1. The monoisotopic (exact) mass is 444 g/mol. The average Bonchev–Trinajstić information content (AvgIpc) is 3.22. The van der Waals surface area contributed by atoms with Crippen molar-refractivity contribution in [2.24, 2.45) is 0 Å². The van der Waals surface area contributed by atoms with Gasteiger partial charge in [0.1, 0.15) is 5.75 Å². The molecule has 3 aromatic rings. The predicted octanol–water partition coefficient (Wildman–Crippen LogP) is 2.88. The van der Waals surface area contributed by atoms with Gasteiger partial charge >= 0.3 is 0 Å². The lowest BCUT2D eigenvalue weighted by Gasteiger charge is -2.42. The first-order valence-electron chi connectivity index (χ1n) is 11.3. The molecule has 0 N–H and O–H groups in total. The van der Waals surface area contributed by atoms with E-state index >= 15 is 0 Å². The Hall–Kier alpha value is -3.29. The van der Waals surface area contributed by atoms with Crippen LogP contribution in [0, 0.1) is 0 Å². The molecule has 0 aliphatic carbocycles. The summed E-state index contributed by atoms with van der Waals surface area (Å²) >= 11 is 0. The first-order valence-corrected chi connectivity index (χ1v) is 11.3. The number of aromatic nitrogens is 2. The van der Waals surface area contributed by atoms with E-state index < -0.39 is 5.60 Å². The van der Waals surface area contributed by atoms with E-state index in [2.05, 4.69) is 14.9 Å². The molecule has 33 heavy (non-hydrogen) atoms. The standard InChI is InChI=1S/C26H28N4O3/c1-32-23-9-7-20(8-10-23)16-30-13-14-33-26(25(30)31)19-29(17-22-6-2-3-12-28-22)18-24(26)21-5-4-11-27-15-21/h2-12,15,24H,13-14,16-19H2,1H3/t24-,26-/m0/s1. The van der Waals surface area contributed by atoms with Gasteiger partial charge in [-0.15, -0.1) is 0 Å². The zero-order chi connectivity index (χ0) is 22.7. The number of pyridine rings is 2. The summed E-state index contributed by atoms with van der Waals surface area (Å²) in [5.41, 5.74) is 2.16. The molecule has 2 saturated heterocycles. The maximum atomic E-state index is 14.0. The fraction of sp³-hybridized carbons (Fsp3) is 0.346. The number of nitrogens with zero attached hydrogens (tertiary/aromatic N) is 4. The topological polar surface area (TPSA) is 67.8 Å². The maximum Gasteiger partial charge on any atom is 0.257 e. The van der Waals surface area contributed by atoms with Gasteiger partial charge in [0, 0.05) is 57.2 Å². The highest BCUT2D eigenvalue weighted by Crippen LogP contribution is 2.42. The minimum absolute atomic E-state index is 0.0435. The Morgan fingerprint density at radius 3 is 2.70 bits per heavy atom. The summed E-state index contributed by atoms with van der Waals surface area (Å²) in [5, 5.41) is 0. The number of benzene rings is 1. The highest BCUT2D eigenvalue weighted by Gasteiger charge is 2.57. The van der Waals surface area contributed by atoms with E-state index in [0.717, 1.165) is 22.6 Å². The van der Waals surface area contributed by atoms with Crippen molar-refractivity contribution in [2.45, 2.75) is 24.6 Å². The van der Waals surface area contributed by atoms with Crippen LogP contribution in [0.4, 0.5) is 0 Å². The summed E-state index contributed by atoms with van der Waals surface area (Å²) in [6.45, 7) is 3.55. The molecule has 4 heterocycles. The van der Waals surface area contributed by atoms with Crippen LogP contribution < -0.4 is 4.74 Å². The molecule has 170 valence electrons. The van der Waals surface area contributed by atoms with E-state index in [9.17, 15) is 4.79 Å². The highest BCUT2D eigenvalue weighted by molar-refractivity contribution is 5.88. The van der Waals surface area contributed by atoms with E-state index in [0.29, 0.717) is 39.3 Å². The van der Waals surface area contributed by atoms with Crippen LogP contribution in [0.1, 0.15) is 22.7 Å². The van der Waals surface area contributed by atoms with E-state index in [4.69, 9.17) is 9.47 Å². The molecular formula is C26H28N4O3. The summed E-state index contributed by atoms with van der Waals surface area (Å²) in [4.78, 5) is 27.0. The number of likely N-dealkylation sites (tertiary alicyclic amines) is 1. The van der Waals surface area contributed by atoms with E-state index in [-0.39, 0.29) is 11.8 Å². The van der Waals surface area contributed by atoms with Crippen LogP contribution in [0.25, 0.3) is 0 Å². The quantitative estimate of drug-likeness (QED) is 0.583.